The summed E-state index contributed by atoms with van der Waals surface area (Å²) in [6.45, 7) is 6.33. The fraction of sp³-hybridized carbons (Fsp3) is 0.417. The minimum atomic E-state index is -3.55. The number of thiazole rings is 1. The minimum absolute atomic E-state index is 0.209. The predicted octanol–water partition coefficient (Wildman–Crippen LogP) is 3.82. The summed E-state index contributed by atoms with van der Waals surface area (Å²) in [7, 11) is -1.91. The van der Waals surface area contributed by atoms with Crippen molar-refractivity contribution in [2.24, 2.45) is 10.9 Å². The van der Waals surface area contributed by atoms with Gasteiger partial charge in [0.25, 0.3) is 5.91 Å². The number of aryl methyl sites for hydroxylation is 1. The molecule has 0 bridgehead atoms. The van der Waals surface area contributed by atoms with Gasteiger partial charge >= 0.3 is 0 Å². The molecule has 1 fully saturated rings. The number of fused-ring (bicyclic) bond motifs is 1. The lowest BCUT2D eigenvalue weighted by Gasteiger charge is -2.29. The van der Waals surface area contributed by atoms with Crippen LogP contribution in [0.15, 0.2) is 52.4 Å². The molecule has 9 heteroatoms. The first-order chi connectivity index (χ1) is 15.8. The normalized spacial score (nSPS) is 16.5. The number of para-hydroxylation sites is 1. The van der Waals surface area contributed by atoms with Crippen LogP contribution in [0.1, 0.15) is 35.7 Å². The first-order valence-corrected chi connectivity index (χ1v) is 13.3. The van der Waals surface area contributed by atoms with E-state index in [1.54, 1.807) is 19.2 Å². The van der Waals surface area contributed by atoms with Crippen LogP contribution < -0.4 is 4.80 Å². The highest BCUT2D eigenvalue weighted by molar-refractivity contribution is 7.89. The maximum absolute atomic E-state index is 12.9. The van der Waals surface area contributed by atoms with Gasteiger partial charge in [-0.1, -0.05) is 30.4 Å². The summed E-state index contributed by atoms with van der Waals surface area (Å²) in [5.41, 5.74) is 2.51. The summed E-state index contributed by atoms with van der Waals surface area (Å²) >= 11 is 1.46. The van der Waals surface area contributed by atoms with Crippen LogP contribution in [0.25, 0.3) is 10.2 Å². The average Bonchev–Trinajstić information content (AvgIpc) is 3.16. The fourth-order valence-electron chi connectivity index (χ4n) is 4.08. The van der Waals surface area contributed by atoms with Crippen molar-refractivity contribution in [1.29, 1.82) is 0 Å². The quantitative estimate of drug-likeness (QED) is 0.529. The van der Waals surface area contributed by atoms with E-state index >= 15 is 0 Å². The summed E-state index contributed by atoms with van der Waals surface area (Å²) in [5, 5.41) is 0. The summed E-state index contributed by atoms with van der Waals surface area (Å²) in [6.07, 6.45) is 1.73. The Hall–Kier alpha value is -2.33. The number of rotatable bonds is 6. The molecule has 1 saturated heterocycles. The monoisotopic (exact) mass is 487 g/mol. The molecule has 0 aliphatic carbocycles. The summed E-state index contributed by atoms with van der Waals surface area (Å²) in [6, 6.07) is 12.1. The Balaban J connectivity index is 1.63. The predicted molar refractivity (Wildman–Crippen MR) is 130 cm³/mol. The molecular formula is C24H29N3O4S2. The minimum Gasteiger partial charge on any atom is -0.383 e. The lowest BCUT2D eigenvalue weighted by atomic mass is 10.0. The topological polar surface area (TPSA) is 81.0 Å². The van der Waals surface area contributed by atoms with Gasteiger partial charge in [0.2, 0.25) is 10.0 Å². The van der Waals surface area contributed by atoms with Crippen molar-refractivity contribution in [2.45, 2.75) is 38.1 Å². The van der Waals surface area contributed by atoms with Crippen molar-refractivity contribution in [3.63, 3.8) is 0 Å². The van der Waals surface area contributed by atoms with E-state index in [4.69, 9.17) is 4.74 Å². The van der Waals surface area contributed by atoms with Gasteiger partial charge in [0.05, 0.1) is 21.7 Å². The molecule has 2 aromatic carbocycles. The van der Waals surface area contributed by atoms with E-state index in [-0.39, 0.29) is 4.90 Å². The third kappa shape index (κ3) is 4.96. The number of amides is 1. The molecule has 1 aliphatic rings. The molecular weight excluding hydrogens is 458 g/mol. The van der Waals surface area contributed by atoms with E-state index < -0.39 is 15.9 Å². The van der Waals surface area contributed by atoms with Crippen molar-refractivity contribution in [1.82, 2.24) is 8.87 Å². The van der Waals surface area contributed by atoms with E-state index in [1.807, 2.05) is 29.7 Å². The molecule has 176 valence electrons. The molecule has 0 unspecified atom stereocenters. The van der Waals surface area contributed by atoms with Gasteiger partial charge in [-0.15, -0.1) is 0 Å². The molecule has 33 heavy (non-hydrogen) atoms. The Labute approximate surface area is 198 Å². The van der Waals surface area contributed by atoms with Crippen LogP contribution in [0.4, 0.5) is 0 Å². The van der Waals surface area contributed by atoms with Gasteiger partial charge in [0.15, 0.2) is 4.80 Å². The van der Waals surface area contributed by atoms with Crippen molar-refractivity contribution in [3.8, 4) is 0 Å². The van der Waals surface area contributed by atoms with Crippen molar-refractivity contribution < 1.29 is 17.9 Å². The molecule has 4 rings (SSSR count). The molecule has 7 nitrogen and oxygen atoms in total. The highest BCUT2D eigenvalue weighted by Gasteiger charge is 2.28. The fourth-order valence-corrected chi connectivity index (χ4v) is 6.68. The number of sulfonamides is 1. The number of aromatic nitrogens is 1. The van der Waals surface area contributed by atoms with Gasteiger partial charge in [-0.05, 0) is 61.6 Å². The largest absolute Gasteiger partial charge is 0.383 e. The van der Waals surface area contributed by atoms with Crippen LogP contribution in [0, 0.1) is 12.8 Å². The smallest absolute Gasteiger partial charge is 0.279 e. The van der Waals surface area contributed by atoms with Crippen LogP contribution >= 0.6 is 11.3 Å². The van der Waals surface area contributed by atoms with Crippen LogP contribution in [0.3, 0.4) is 0 Å². The number of benzene rings is 2. The van der Waals surface area contributed by atoms with E-state index in [0.29, 0.717) is 42.5 Å². The first-order valence-electron chi connectivity index (χ1n) is 11.1. The first kappa shape index (κ1) is 23.8. The molecule has 3 aromatic rings. The van der Waals surface area contributed by atoms with E-state index in [2.05, 4.69) is 11.9 Å². The maximum atomic E-state index is 12.9. The van der Waals surface area contributed by atoms with Crippen molar-refractivity contribution in [2.75, 3.05) is 26.8 Å². The molecule has 0 spiro atoms. The standard InChI is InChI=1S/C24H29N3O4S2/c1-17-11-13-26(14-12-17)33(29,30)20-9-7-19(8-10-20)23(28)25-24-27(15-16-31-3)22-18(2)5-4-6-21(22)32-24/h4-10,17H,11-16H2,1-3H3. The number of ether oxygens (including phenoxy) is 1. The van der Waals surface area contributed by atoms with Crippen molar-refractivity contribution >= 4 is 37.5 Å². The number of piperidine rings is 1. The number of methoxy groups -OCH3 is 1. The third-order valence-electron chi connectivity index (χ3n) is 6.10. The van der Waals surface area contributed by atoms with Crippen LogP contribution in [-0.4, -0.2) is 50.0 Å². The lowest BCUT2D eigenvalue weighted by Crippen LogP contribution is -2.37. The van der Waals surface area contributed by atoms with E-state index in [1.165, 1.54) is 27.8 Å². The van der Waals surface area contributed by atoms with Gasteiger partial charge in [0, 0.05) is 32.3 Å². The molecule has 0 N–H and O–H groups in total. The molecule has 0 atom stereocenters. The van der Waals surface area contributed by atoms with Gasteiger partial charge in [-0.2, -0.15) is 9.30 Å². The number of hydrogen-bond acceptors (Lipinski definition) is 5. The molecule has 0 saturated carbocycles. The molecule has 1 amide bonds. The summed E-state index contributed by atoms with van der Waals surface area (Å²) in [5.74, 6) is 0.142. The zero-order valence-electron chi connectivity index (χ0n) is 19.2. The van der Waals surface area contributed by atoms with Crippen LogP contribution in [-0.2, 0) is 21.3 Å². The van der Waals surface area contributed by atoms with E-state index in [0.717, 1.165) is 28.6 Å². The van der Waals surface area contributed by atoms with Gasteiger partial charge < -0.3 is 9.30 Å². The second-order valence-corrected chi connectivity index (χ2v) is 11.4. The number of nitrogens with zero attached hydrogens (tertiary/aromatic N) is 3. The zero-order valence-corrected chi connectivity index (χ0v) is 20.8. The summed E-state index contributed by atoms with van der Waals surface area (Å²) < 4.78 is 35.7. The summed E-state index contributed by atoms with van der Waals surface area (Å²) in [4.78, 5) is 18.1. The SMILES string of the molecule is COCCn1c(=NC(=O)c2ccc(S(=O)(=O)N3CCC(C)CC3)cc2)sc2cccc(C)c21. The molecule has 0 radical (unpaired) electrons. The molecule has 1 aliphatic heterocycles. The van der Waals surface area contributed by atoms with Gasteiger partial charge in [-0.25, -0.2) is 8.42 Å². The van der Waals surface area contributed by atoms with E-state index in [9.17, 15) is 13.2 Å². The lowest BCUT2D eigenvalue weighted by molar-refractivity contribution is 0.0997. The Bertz CT molecular complexity index is 1320. The highest BCUT2D eigenvalue weighted by atomic mass is 32.2. The number of hydrogen-bond donors (Lipinski definition) is 0. The number of carbonyl (C=O) groups is 1. The Morgan fingerprint density at radius 1 is 1.15 bits per heavy atom. The Morgan fingerprint density at radius 3 is 2.52 bits per heavy atom. The molecule has 1 aromatic heterocycles. The van der Waals surface area contributed by atoms with Crippen molar-refractivity contribution in [3.05, 3.63) is 58.4 Å². The van der Waals surface area contributed by atoms with Crippen LogP contribution in [0.2, 0.25) is 0 Å². The van der Waals surface area contributed by atoms with Gasteiger partial charge in [0.1, 0.15) is 0 Å². The highest BCUT2D eigenvalue weighted by Crippen LogP contribution is 2.24. The second kappa shape index (κ2) is 9.89. The average molecular weight is 488 g/mol. The Kier molecular flexibility index (Phi) is 7.13. The molecule has 2 heterocycles. The zero-order chi connectivity index (χ0) is 23.6. The maximum Gasteiger partial charge on any atom is 0.279 e. The second-order valence-electron chi connectivity index (χ2n) is 8.48. The number of carbonyl (C=O) groups excluding carboxylic acids is 1. The van der Waals surface area contributed by atoms with Crippen LogP contribution in [0.5, 0.6) is 0 Å². The van der Waals surface area contributed by atoms with Gasteiger partial charge in [-0.3, -0.25) is 4.79 Å². The third-order valence-corrected chi connectivity index (χ3v) is 9.06. The Morgan fingerprint density at radius 2 is 1.85 bits per heavy atom.